The molecule has 0 amide bonds. The van der Waals surface area contributed by atoms with Crippen molar-refractivity contribution in [2.24, 2.45) is 0 Å². The van der Waals surface area contributed by atoms with Crippen LogP contribution < -0.4 is 0 Å². The summed E-state index contributed by atoms with van der Waals surface area (Å²) in [5.41, 5.74) is 0. The van der Waals surface area contributed by atoms with Gasteiger partial charge >= 0.3 is 41.8 Å². The predicted molar refractivity (Wildman–Crippen MR) is 140 cm³/mol. The standard InChI is InChI=1S/C27H38O18/c1-11(28)36-9-18-20(38-12(2)29)23(41-15(5)32)25(43-17(7)34)27(45-18)37-10-19-21(39-13(3)30)22(40-14(4)31)24(42-16(6)33)26(35-8)44-19/h18-27H,9-10H2,1-8H3/t18-,19+,20-,21+,22-,23+,24+,25-,26+,27-/m0/s1. The first-order chi connectivity index (χ1) is 21.0. The zero-order valence-electron chi connectivity index (χ0n) is 26.0. The molecule has 2 saturated heterocycles. The maximum absolute atomic E-state index is 12.1. The van der Waals surface area contributed by atoms with Crippen LogP contribution in [-0.4, -0.2) is 124 Å². The summed E-state index contributed by atoms with van der Waals surface area (Å²) < 4.78 is 60.1. The van der Waals surface area contributed by atoms with E-state index in [4.69, 9.17) is 52.1 Å². The quantitative estimate of drug-likeness (QED) is 0.187. The Hall–Kier alpha value is -3.87. The van der Waals surface area contributed by atoms with Crippen LogP contribution in [0.3, 0.4) is 0 Å². The Bertz CT molecular complexity index is 1110. The van der Waals surface area contributed by atoms with Gasteiger partial charge in [-0.15, -0.1) is 0 Å². The minimum atomic E-state index is -1.61. The molecule has 0 aliphatic carbocycles. The molecule has 0 bridgehead atoms. The minimum absolute atomic E-state index is 0.502. The summed E-state index contributed by atoms with van der Waals surface area (Å²) >= 11 is 0. The third kappa shape index (κ3) is 11.2. The Morgan fingerprint density at radius 2 is 0.778 bits per heavy atom. The second-order valence-electron chi connectivity index (χ2n) is 9.90. The first kappa shape index (κ1) is 37.3. The molecule has 0 saturated carbocycles. The van der Waals surface area contributed by atoms with Gasteiger partial charge in [0.2, 0.25) is 0 Å². The molecule has 2 aliphatic rings. The van der Waals surface area contributed by atoms with Crippen molar-refractivity contribution in [3.63, 3.8) is 0 Å². The number of esters is 7. The van der Waals surface area contributed by atoms with Gasteiger partial charge < -0.3 is 52.1 Å². The van der Waals surface area contributed by atoms with E-state index >= 15 is 0 Å². The number of hydrogen-bond acceptors (Lipinski definition) is 18. The molecule has 18 heteroatoms. The van der Waals surface area contributed by atoms with E-state index in [-0.39, 0.29) is 0 Å². The van der Waals surface area contributed by atoms with Crippen LogP contribution in [0.4, 0.5) is 0 Å². The highest BCUT2D eigenvalue weighted by molar-refractivity contribution is 5.69. The summed E-state index contributed by atoms with van der Waals surface area (Å²) in [6.07, 6.45) is -14.3. The smallest absolute Gasteiger partial charge is 0.303 e. The second-order valence-corrected chi connectivity index (χ2v) is 9.90. The first-order valence-electron chi connectivity index (χ1n) is 13.7. The summed E-state index contributed by atoms with van der Waals surface area (Å²) in [6, 6.07) is 0. The molecule has 10 atom stereocenters. The van der Waals surface area contributed by atoms with E-state index in [2.05, 4.69) is 0 Å². The lowest BCUT2D eigenvalue weighted by molar-refractivity contribution is -0.332. The molecular formula is C27H38O18. The van der Waals surface area contributed by atoms with Crippen molar-refractivity contribution in [2.45, 2.75) is 110 Å². The van der Waals surface area contributed by atoms with Crippen LogP contribution in [-0.2, 0) is 85.7 Å². The SMILES string of the molecule is CO[C@@H]1O[C@H](CO[C@H]2O[C@@H](COC(C)=O)[C@H](OC(C)=O)[C@@H](OC(C)=O)[C@@H]2OC(C)=O)[C@@H](OC(C)=O)[C@H](OC(C)=O)[C@H]1OC(C)=O. The van der Waals surface area contributed by atoms with Gasteiger partial charge in [0.15, 0.2) is 49.2 Å². The maximum atomic E-state index is 12.1. The normalized spacial score (nSPS) is 31.0. The summed E-state index contributed by atoms with van der Waals surface area (Å²) in [5.74, 6) is -5.67. The lowest BCUT2D eigenvalue weighted by Crippen LogP contribution is -2.65. The third-order valence-corrected chi connectivity index (χ3v) is 6.10. The molecule has 0 aromatic carbocycles. The van der Waals surface area contributed by atoms with E-state index in [9.17, 15) is 33.6 Å². The Balaban J connectivity index is 2.51. The van der Waals surface area contributed by atoms with Gasteiger partial charge in [0.25, 0.3) is 0 Å². The molecule has 2 heterocycles. The second kappa shape index (κ2) is 17.0. The van der Waals surface area contributed by atoms with Gasteiger partial charge in [0, 0.05) is 55.6 Å². The van der Waals surface area contributed by atoms with Crippen LogP contribution in [0.1, 0.15) is 48.5 Å². The maximum Gasteiger partial charge on any atom is 0.303 e. The van der Waals surface area contributed by atoms with E-state index in [0.29, 0.717) is 0 Å². The van der Waals surface area contributed by atoms with Crippen molar-refractivity contribution in [1.29, 1.82) is 0 Å². The third-order valence-electron chi connectivity index (χ3n) is 6.10. The highest BCUT2D eigenvalue weighted by Gasteiger charge is 2.55. The predicted octanol–water partition coefficient (Wildman–Crippen LogP) is -0.747. The monoisotopic (exact) mass is 650 g/mol. The Labute approximate surface area is 258 Å². The molecule has 254 valence electrons. The number of hydrogen-bond donors (Lipinski definition) is 0. The van der Waals surface area contributed by atoms with Crippen molar-refractivity contribution in [3.05, 3.63) is 0 Å². The van der Waals surface area contributed by atoms with Crippen molar-refractivity contribution >= 4 is 41.8 Å². The van der Waals surface area contributed by atoms with E-state index in [0.717, 1.165) is 48.5 Å². The number of methoxy groups -OCH3 is 1. The molecule has 2 rings (SSSR count). The van der Waals surface area contributed by atoms with E-state index in [1.807, 2.05) is 0 Å². The van der Waals surface area contributed by atoms with Gasteiger partial charge in [0.05, 0.1) is 6.61 Å². The molecular weight excluding hydrogens is 612 g/mol. The lowest BCUT2D eigenvalue weighted by Gasteiger charge is -2.46. The van der Waals surface area contributed by atoms with Crippen LogP contribution in [0.2, 0.25) is 0 Å². The summed E-state index contributed by atoms with van der Waals surface area (Å²) in [5, 5.41) is 0. The average molecular weight is 651 g/mol. The van der Waals surface area contributed by atoms with Crippen LogP contribution in [0, 0.1) is 0 Å². The minimum Gasteiger partial charge on any atom is -0.463 e. The van der Waals surface area contributed by atoms with Gasteiger partial charge in [-0.3, -0.25) is 33.6 Å². The highest BCUT2D eigenvalue weighted by atomic mass is 16.8. The van der Waals surface area contributed by atoms with Crippen LogP contribution >= 0.6 is 0 Å². The highest BCUT2D eigenvalue weighted by Crippen LogP contribution is 2.33. The number of rotatable bonds is 12. The lowest BCUT2D eigenvalue weighted by atomic mass is 9.97. The molecule has 18 nitrogen and oxygen atoms in total. The van der Waals surface area contributed by atoms with Gasteiger partial charge in [-0.05, 0) is 0 Å². The average Bonchev–Trinajstić information content (AvgIpc) is 2.90. The van der Waals surface area contributed by atoms with Crippen LogP contribution in [0.5, 0.6) is 0 Å². The van der Waals surface area contributed by atoms with Crippen molar-refractivity contribution in [3.8, 4) is 0 Å². The molecule has 45 heavy (non-hydrogen) atoms. The Morgan fingerprint density at radius 3 is 1.16 bits per heavy atom. The summed E-state index contributed by atoms with van der Waals surface area (Å²) in [4.78, 5) is 83.6. The van der Waals surface area contributed by atoms with Gasteiger partial charge in [0.1, 0.15) is 18.8 Å². The summed E-state index contributed by atoms with van der Waals surface area (Å²) in [6.45, 7) is 6.49. The van der Waals surface area contributed by atoms with E-state index < -0.39 is 116 Å². The molecule has 0 N–H and O–H groups in total. The zero-order chi connectivity index (χ0) is 34.0. The molecule has 0 aromatic heterocycles. The molecule has 2 aliphatic heterocycles. The van der Waals surface area contributed by atoms with Gasteiger partial charge in [-0.1, -0.05) is 0 Å². The van der Waals surface area contributed by atoms with Crippen LogP contribution in [0.25, 0.3) is 0 Å². The number of carbonyl (C=O) groups is 7. The number of ether oxygens (including phenoxy) is 11. The first-order valence-corrected chi connectivity index (χ1v) is 13.7. The summed E-state index contributed by atoms with van der Waals surface area (Å²) in [7, 11) is 1.22. The van der Waals surface area contributed by atoms with Crippen molar-refractivity contribution < 1.29 is 85.7 Å². The topological polar surface area (TPSA) is 221 Å². The largest absolute Gasteiger partial charge is 0.463 e. The molecule has 0 aromatic rings. The fourth-order valence-electron chi connectivity index (χ4n) is 4.69. The molecule has 0 unspecified atom stereocenters. The van der Waals surface area contributed by atoms with E-state index in [1.54, 1.807) is 0 Å². The fourth-order valence-corrected chi connectivity index (χ4v) is 4.69. The fraction of sp³-hybridized carbons (Fsp3) is 0.741. The Morgan fingerprint density at radius 1 is 0.444 bits per heavy atom. The van der Waals surface area contributed by atoms with Gasteiger partial charge in [-0.2, -0.15) is 0 Å². The Kier molecular flexibility index (Phi) is 14.1. The van der Waals surface area contributed by atoms with Crippen molar-refractivity contribution in [2.75, 3.05) is 20.3 Å². The number of carbonyl (C=O) groups excluding carboxylic acids is 7. The zero-order valence-corrected chi connectivity index (χ0v) is 26.0. The van der Waals surface area contributed by atoms with Crippen molar-refractivity contribution in [1.82, 2.24) is 0 Å². The molecule has 0 radical (unpaired) electrons. The molecule has 2 fully saturated rings. The van der Waals surface area contributed by atoms with Crippen LogP contribution in [0.15, 0.2) is 0 Å². The van der Waals surface area contributed by atoms with E-state index in [1.165, 1.54) is 7.11 Å². The van der Waals surface area contributed by atoms with Gasteiger partial charge in [-0.25, -0.2) is 0 Å². The molecule has 0 spiro atoms.